The zero-order valence-corrected chi connectivity index (χ0v) is 15.5. The molecule has 138 valence electrons. The van der Waals surface area contributed by atoms with Gasteiger partial charge in [-0.3, -0.25) is 4.79 Å². The Kier molecular flexibility index (Phi) is 6.39. The van der Waals surface area contributed by atoms with E-state index >= 15 is 0 Å². The third-order valence-electron chi connectivity index (χ3n) is 4.41. The molecule has 0 heterocycles. The lowest BCUT2D eigenvalue weighted by Crippen LogP contribution is -2.40. The Hall–Kier alpha value is -2.82. The maximum absolute atomic E-state index is 12.8. The Morgan fingerprint density at radius 2 is 1.65 bits per heavy atom. The molecule has 5 heteroatoms. The number of aryl methyl sites for hydroxylation is 2. The molecule has 1 N–H and O–H groups in total. The van der Waals surface area contributed by atoms with Gasteiger partial charge in [-0.2, -0.15) is 0 Å². The smallest absolute Gasteiger partial charge is 0.228 e. The van der Waals surface area contributed by atoms with E-state index < -0.39 is 17.8 Å². The van der Waals surface area contributed by atoms with Gasteiger partial charge in [-0.15, -0.1) is 0 Å². The van der Waals surface area contributed by atoms with Crippen LogP contribution in [-0.4, -0.2) is 19.0 Å². The number of benzene rings is 2. The third kappa shape index (κ3) is 5.09. The molecule has 0 radical (unpaired) electrons. The normalized spacial score (nSPS) is 12.9. The van der Waals surface area contributed by atoms with Crippen LogP contribution in [0.15, 0.2) is 42.5 Å². The molecule has 0 aliphatic carbocycles. The van der Waals surface area contributed by atoms with Crippen molar-refractivity contribution in [2.45, 2.75) is 27.2 Å². The van der Waals surface area contributed by atoms with E-state index in [0.29, 0.717) is 17.9 Å². The maximum Gasteiger partial charge on any atom is 0.228 e. The third-order valence-corrected chi connectivity index (χ3v) is 4.41. The molecule has 0 aliphatic heterocycles. The van der Waals surface area contributed by atoms with Crippen molar-refractivity contribution in [2.24, 2.45) is 11.8 Å². The topological polar surface area (TPSA) is 78.5 Å². The minimum atomic E-state index is -1.23. The number of aliphatic carboxylic acids is 1. The second-order valence-electron chi connectivity index (χ2n) is 6.63. The predicted molar refractivity (Wildman–Crippen MR) is 98.9 cm³/mol. The van der Waals surface area contributed by atoms with Crippen molar-refractivity contribution >= 4 is 17.6 Å². The fourth-order valence-electron chi connectivity index (χ4n) is 3.01. The van der Waals surface area contributed by atoms with Crippen molar-refractivity contribution in [1.82, 2.24) is 0 Å². The number of ether oxygens (including phenoxy) is 1. The average Bonchev–Trinajstić information content (AvgIpc) is 2.58. The second kappa shape index (κ2) is 8.52. The summed E-state index contributed by atoms with van der Waals surface area (Å²) in [7, 11) is 1.56. The molecule has 2 atom stereocenters. The summed E-state index contributed by atoms with van der Waals surface area (Å²) in [6.45, 7) is 5.46. The Bertz CT molecular complexity index is 763. The van der Waals surface area contributed by atoms with Crippen LogP contribution in [0, 0.1) is 25.7 Å². The molecule has 5 nitrogen and oxygen atoms in total. The van der Waals surface area contributed by atoms with Gasteiger partial charge in [0.15, 0.2) is 0 Å². The molecule has 0 saturated heterocycles. The zero-order chi connectivity index (χ0) is 19.3. The molecular formula is C21H24NO4-. The number of anilines is 1. The molecule has 0 bridgehead atoms. The predicted octanol–water partition coefficient (Wildman–Crippen LogP) is 2.50. The Balaban J connectivity index is 2.22. The van der Waals surface area contributed by atoms with Crippen LogP contribution in [0.5, 0.6) is 5.75 Å². The van der Waals surface area contributed by atoms with Crippen LogP contribution >= 0.6 is 0 Å². The molecule has 0 fully saturated rings. The van der Waals surface area contributed by atoms with Crippen LogP contribution in [0.3, 0.4) is 0 Å². The van der Waals surface area contributed by atoms with E-state index in [1.165, 1.54) is 6.92 Å². The van der Waals surface area contributed by atoms with Gasteiger partial charge in [-0.1, -0.05) is 36.2 Å². The lowest BCUT2D eigenvalue weighted by molar-refractivity contribution is -0.312. The van der Waals surface area contributed by atoms with E-state index in [0.717, 1.165) is 16.7 Å². The molecule has 2 aromatic rings. The number of methoxy groups -OCH3 is 1. The Labute approximate surface area is 154 Å². The van der Waals surface area contributed by atoms with Crippen molar-refractivity contribution in [3.63, 3.8) is 0 Å². The first-order valence-corrected chi connectivity index (χ1v) is 8.53. The number of nitrogens with one attached hydrogen (secondary N) is 1. The van der Waals surface area contributed by atoms with Crippen molar-refractivity contribution < 1.29 is 19.4 Å². The SMILES string of the molecule is COc1ccc(NC(=O)C(Cc2cc(C)cc(C)c2)C(C)C(=O)[O-])cc1. The van der Waals surface area contributed by atoms with Crippen LogP contribution in [0.1, 0.15) is 23.6 Å². The lowest BCUT2D eigenvalue weighted by atomic mass is 9.86. The number of hydrogen-bond acceptors (Lipinski definition) is 4. The van der Waals surface area contributed by atoms with Gasteiger partial charge in [0.2, 0.25) is 5.91 Å². The summed E-state index contributed by atoms with van der Waals surface area (Å²) in [6.07, 6.45) is 0.333. The number of amides is 1. The minimum Gasteiger partial charge on any atom is -0.550 e. The number of carboxylic acid groups (broad SMARTS) is 1. The molecule has 0 aliphatic rings. The summed E-state index contributed by atoms with van der Waals surface area (Å²) in [4.78, 5) is 24.2. The highest BCUT2D eigenvalue weighted by atomic mass is 16.5. The Morgan fingerprint density at radius 1 is 1.08 bits per heavy atom. The molecule has 2 rings (SSSR count). The van der Waals surface area contributed by atoms with Crippen molar-refractivity contribution in [1.29, 1.82) is 0 Å². The van der Waals surface area contributed by atoms with Gasteiger partial charge >= 0.3 is 0 Å². The molecule has 1 amide bonds. The molecule has 0 saturated carbocycles. The highest BCUT2D eigenvalue weighted by molar-refractivity contribution is 5.95. The van der Waals surface area contributed by atoms with Crippen LogP contribution in [0.4, 0.5) is 5.69 Å². The largest absolute Gasteiger partial charge is 0.550 e. The summed E-state index contributed by atoms with van der Waals surface area (Å²) in [5.41, 5.74) is 3.68. The van der Waals surface area contributed by atoms with Crippen molar-refractivity contribution in [2.75, 3.05) is 12.4 Å². The highest BCUT2D eigenvalue weighted by Crippen LogP contribution is 2.22. The number of carbonyl (C=O) groups is 2. The molecular weight excluding hydrogens is 330 g/mol. The molecule has 0 aromatic heterocycles. The van der Waals surface area contributed by atoms with E-state index in [1.807, 2.05) is 32.0 Å². The summed E-state index contributed by atoms with van der Waals surface area (Å²) in [6, 6.07) is 12.9. The fraction of sp³-hybridized carbons (Fsp3) is 0.333. The fourth-order valence-corrected chi connectivity index (χ4v) is 3.01. The quantitative estimate of drug-likeness (QED) is 0.829. The van der Waals surface area contributed by atoms with Gasteiger partial charge in [0, 0.05) is 17.6 Å². The van der Waals surface area contributed by atoms with E-state index in [4.69, 9.17) is 4.74 Å². The molecule has 2 unspecified atom stereocenters. The van der Waals surface area contributed by atoms with Gasteiger partial charge in [-0.25, -0.2) is 0 Å². The van der Waals surface area contributed by atoms with Gasteiger partial charge in [0.25, 0.3) is 0 Å². The lowest BCUT2D eigenvalue weighted by Gasteiger charge is -2.24. The number of carbonyl (C=O) groups excluding carboxylic acids is 2. The van der Waals surface area contributed by atoms with Gasteiger partial charge in [-0.05, 0) is 50.1 Å². The van der Waals surface area contributed by atoms with Crippen LogP contribution in [0.25, 0.3) is 0 Å². The Morgan fingerprint density at radius 3 is 2.15 bits per heavy atom. The van der Waals surface area contributed by atoms with Crippen molar-refractivity contribution in [3.05, 3.63) is 59.2 Å². The molecule has 0 spiro atoms. The van der Waals surface area contributed by atoms with E-state index in [2.05, 4.69) is 5.32 Å². The maximum atomic E-state index is 12.8. The first-order chi connectivity index (χ1) is 12.3. The van der Waals surface area contributed by atoms with Gasteiger partial charge in [0.05, 0.1) is 13.0 Å². The average molecular weight is 354 g/mol. The second-order valence-corrected chi connectivity index (χ2v) is 6.63. The monoisotopic (exact) mass is 354 g/mol. The highest BCUT2D eigenvalue weighted by Gasteiger charge is 2.26. The summed E-state index contributed by atoms with van der Waals surface area (Å²) in [5.74, 6) is -2.54. The van der Waals surface area contributed by atoms with Crippen LogP contribution < -0.4 is 15.2 Å². The first-order valence-electron chi connectivity index (χ1n) is 8.53. The first kappa shape index (κ1) is 19.5. The standard InChI is InChI=1S/C21H25NO4/c1-13-9-14(2)11-16(10-13)12-19(15(3)21(24)25)20(23)22-17-5-7-18(26-4)8-6-17/h5-11,15,19H,12H2,1-4H3,(H,22,23)(H,24,25)/p-1. The number of hydrogen-bond donors (Lipinski definition) is 1. The van der Waals surface area contributed by atoms with E-state index in [-0.39, 0.29) is 5.91 Å². The van der Waals surface area contributed by atoms with E-state index in [1.54, 1.807) is 31.4 Å². The van der Waals surface area contributed by atoms with E-state index in [9.17, 15) is 14.7 Å². The van der Waals surface area contributed by atoms with Gasteiger partial charge in [0.1, 0.15) is 5.75 Å². The summed E-state index contributed by atoms with van der Waals surface area (Å²) in [5, 5.41) is 14.2. The number of rotatable bonds is 7. The van der Waals surface area contributed by atoms with Crippen molar-refractivity contribution in [3.8, 4) is 5.75 Å². The summed E-state index contributed by atoms with van der Waals surface area (Å²) < 4.78 is 5.09. The molecule has 2 aromatic carbocycles. The zero-order valence-electron chi connectivity index (χ0n) is 15.5. The van der Waals surface area contributed by atoms with Gasteiger partial charge < -0.3 is 20.0 Å². The number of carboxylic acids is 1. The van der Waals surface area contributed by atoms with Crippen LogP contribution in [0.2, 0.25) is 0 Å². The minimum absolute atomic E-state index is 0.333. The van der Waals surface area contributed by atoms with Crippen LogP contribution in [-0.2, 0) is 16.0 Å². The molecule has 26 heavy (non-hydrogen) atoms. The summed E-state index contributed by atoms with van der Waals surface area (Å²) >= 11 is 0.